The molecule has 3 heteroatoms. The van der Waals surface area contributed by atoms with Crippen molar-refractivity contribution in [1.29, 1.82) is 0 Å². The molecule has 1 atom stereocenters. The van der Waals surface area contributed by atoms with Crippen LogP contribution in [0.25, 0.3) is 0 Å². The highest BCUT2D eigenvalue weighted by Gasteiger charge is 2.01. The molecule has 0 radical (unpaired) electrons. The molecule has 0 fully saturated rings. The molecule has 0 amide bonds. The summed E-state index contributed by atoms with van der Waals surface area (Å²) in [5.41, 5.74) is 1.26. The van der Waals surface area contributed by atoms with Gasteiger partial charge in [0, 0.05) is 31.4 Å². The Balaban J connectivity index is 2.20. The molecule has 0 saturated heterocycles. The van der Waals surface area contributed by atoms with E-state index in [1.54, 1.807) is 0 Å². The Labute approximate surface area is 86.5 Å². The van der Waals surface area contributed by atoms with E-state index in [4.69, 9.17) is 0 Å². The van der Waals surface area contributed by atoms with E-state index in [9.17, 15) is 0 Å². The topological polar surface area (TPSA) is 29.9 Å². The average Bonchev–Trinajstić information content (AvgIpc) is 2.58. The van der Waals surface area contributed by atoms with E-state index in [1.165, 1.54) is 24.8 Å². The Morgan fingerprint density at radius 3 is 2.93 bits per heavy atom. The fourth-order valence-corrected chi connectivity index (χ4v) is 1.47. The summed E-state index contributed by atoms with van der Waals surface area (Å²) in [6.45, 7) is 5.40. The molecule has 0 saturated carbocycles. The van der Waals surface area contributed by atoms with Crippen LogP contribution in [0.4, 0.5) is 0 Å². The molecule has 3 nitrogen and oxygen atoms in total. The predicted molar refractivity (Wildman–Crippen MR) is 59.0 cm³/mol. The van der Waals surface area contributed by atoms with Gasteiger partial charge in [0.25, 0.3) is 0 Å². The van der Waals surface area contributed by atoms with Crippen molar-refractivity contribution in [1.82, 2.24) is 15.1 Å². The first-order chi connectivity index (χ1) is 6.72. The SMILES string of the molecule is CCCCC(C)NCc1cnn(C)c1. The van der Waals surface area contributed by atoms with E-state index in [0.29, 0.717) is 6.04 Å². The average molecular weight is 195 g/mol. The first-order valence-electron chi connectivity index (χ1n) is 5.43. The van der Waals surface area contributed by atoms with Crippen LogP contribution in [0.2, 0.25) is 0 Å². The van der Waals surface area contributed by atoms with Crippen LogP contribution in [0.3, 0.4) is 0 Å². The van der Waals surface area contributed by atoms with Crippen molar-refractivity contribution < 1.29 is 0 Å². The molecule has 80 valence electrons. The van der Waals surface area contributed by atoms with E-state index in [2.05, 4.69) is 30.5 Å². The highest BCUT2D eigenvalue weighted by atomic mass is 15.2. The zero-order valence-electron chi connectivity index (χ0n) is 9.45. The van der Waals surface area contributed by atoms with Gasteiger partial charge in [0.2, 0.25) is 0 Å². The molecule has 0 bridgehead atoms. The number of hydrogen-bond donors (Lipinski definition) is 1. The minimum absolute atomic E-state index is 0.607. The zero-order chi connectivity index (χ0) is 10.4. The third-order valence-corrected chi connectivity index (χ3v) is 2.40. The van der Waals surface area contributed by atoms with Gasteiger partial charge >= 0.3 is 0 Å². The van der Waals surface area contributed by atoms with Gasteiger partial charge in [-0.25, -0.2) is 0 Å². The third-order valence-electron chi connectivity index (χ3n) is 2.40. The first-order valence-corrected chi connectivity index (χ1v) is 5.43. The highest BCUT2D eigenvalue weighted by Crippen LogP contribution is 2.01. The van der Waals surface area contributed by atoms with Gasteiger partial charge in [0.15, 0.2) is 0 Å². The summed E-state index contributed by atoms with van der Waals surface area (Å²) < 4.78 is 1.84. The normalized spacial score (nSPS) is 13.1. The lowest BCUT2D eigenvalue weighted by Crippen LogP contribution is -2.25. The van der Waals surface area contributed by atoms with E-state index >= 15 is 0 Å². The number of nitrogens with one attached hydrogen (secondary N) is 1. The van der Waals surface area contributed by atoms with Gasteiger partial charge in [-0.3, -0.25) is 4.68 Å². The molecule has 0 spiro atoms. The number of rotatable bonds is 6. The molecule has 1 heterocycles. The zero-order valence-corrected chi connectivity index (χ0v) is 9.45. The summed E-state index contributed by atoms with van der Waals surface area (Å²) in [4.78, 5) is 0. The summed E-state index contributed by atoms with van der Waals surface area (Å²) in [5, 5.41) is 7.63. The Morgan fingerprint density at radius 1 is 1.57 bits per heavy atom. The minimum Gasteiger partial charge on any atom is -0.310 e. The van der Waals surface area contributed by atoms with Gasteiger partial charge < -0.3 is 5.32 Å². The standard InChI is InChI=1S/C11H21N3/c1-4-5-6-10(2)12-7-11-8-13-14(3)9-11/h8-10,12H,4-7H2,1-3H3. The maximum Gasteiger partial charge on any atom is 0.0534 e. The van der Waals surface area contributed by atoms with Gasteiger partial charge in [0.05, 0.1) is 6.20 Å². The lowest BCUT2D eigenvalue weighted by Gasteiger charge is -2.11. The predicted octanol–water partition coefficient (Wildman–Crippen LogP) is 2.09. The molecule has 0 aromatic carbocycles. The number of hydrogen-bond acceptors (Lipinski definition) is 2. The molecule has 1 N–H and O–H groups in total. The van der Waals surface area contributed by atoms with E-state index < -0.39 is 0 Å². The fraction of sp³-hybridized carbons (Fsp3) is 0.727. The molecule has 0 aliphatic carbocycles. The number of aryl methyl sites for hydroxylation is 1. The van der Waals surface area contributed by atoms with Gasteiger partial charge in [-0.1, -0.05) is 19.8 Å². The molecule has 1 rings (SSSR count). The van der Waals surface area contributed by atoms with Gasteiger partial charge in [0.1, 0.15) is 0 Å². The number of aromatic nitrogens is 2. The lowest BCUT2D eigenvalue weighted by atomic mass is 10.1. The van der Waals surface area contributed by atoms with E-state index in [-0.39, 0.29) is 0 Å². The second-order valence-corrected chi connectivity index (χ2v) is 3.95. The lowest BCUT2D eigenvalue weighted by molar-refractivity contribution is 0.495. The third kappa shape index (κ3) is 3.92. The molecular weight excluding hydrogens is 174 g/mol. The van der Waals surface area contributed by atoms with Crippen molar-refractivity contribution in [3.8, 4) is 0 Å². The molecule has 1 unspecified atom stereocenters. The van der Waals surface area contributed by atoms with Crippen molar-refractivity contribution >= 4 is 0 Å². The quantitative estimate of drug-likeness (QED) is 0.753. The van der Waals surface area contributed by atoms with Crippen LogP contribution in [-0.4, -0.2) is 15.8 Å². The van der Waals surface area contributed by atoms with Crippen molar-refractivity contribution in [2.45, 2.75) is 45.7 Å². The number of nitrogens with zero attached hydrogens (tertiary/aromatic N) is 2. The van der Waals surface area contributed by atoms with Crippen LogP contribution in [0.5, 0.6) is 0 Å². The number of unbranched alkanes of at least 4 members (excludes halogenated alkanes) is 1. The summed E-state index contributed by atoms with van der Waals surface area (Å²) >= 11 is 0. The monoisotopic (exact) mass is 195 g/mol. The van der Waals surface area contributed by atoms with Crippen LogP contribution >= 0.6 is 0 Å². The van der Waals surface area contributed by atoms with Gasteiger partial charge in [-0.2, -0.15) is 5.10 Å². The smallest absolute Gasteiger partial charge is 0.0534 e. The minimum atomic E-state index is 0.607. The van der Waals surface area contributed by atoms with E-state index in [0.717, 1.165) is 6.54 Å². The molecular formula is C11H21N3. The Morgan fingerprint density at radius 2 is 2.36 bits per heavy atom. The van der Waals surface area contributed by atoms with Crippen LogP contribution in [0.1, 0.15) is 38.7 Å². The summed E-state index contributed by atoms with van der Waals surface area (Å²) in [6, 6.07) is 0.607. The Kier molecular flexibility index (Phi) is 4.66. The maximum atomic E-state index is 4.13. The molecule has 14 heavy (non-hydrogen) atoms. The molecule has 1 aromatic heterocycles. The summed E-state index contributed by atoms with van der Waals surface area (Å²) in [7, 11) is 1.95. The van der Waals surface area contributed by atoms with Crippen molar-refractivity contribution in [2.24, 2.45) is 7.05 Å². The van der Waals surface area contributed by atoms with Crippen molar-refractivity contribution in [3.63, 3.8) is 0 Å². The first kappa shape index (κ1) is 11.2. The molecule has 0 aliphatic rings. The van der Waals surface area contributed by atoms with Crippen molar-refractivity contribution in [3.05, 3.63) is 18.0 Å². The Bertz CT molecular complexity index is 255. The second-order valence-electron chi connectivity index (χ2n) is 3.95. The van der Waals surface area contributed by atoms with Crippen LogP contribution in [0, 0.1) is 0 Å². The fourth-order valence-electron chi connectivity index (χ4n) is 1.47. The largest absolute Gasteiger partial charge is 0.310 e. The van der Waals surface area contributed by atoms with Gasteiger partial charge in [-0.05, 0) is 13.3 Å². The summed E-state index contributed by atoms with van der Waals surface area (Å²) in [5.74, 6) is 0. The Hall–Kier alpha value is -0.830. The van der Waals surface area contributed by atoms with Crippen LogP contribution in [-0.2, 0) is 13.6 Å². The van der Waals surface area contributed by atoms with Crippen LogP contribution in [0.15, 0.2) is 12.4 Å². The maximum absolute atomic E-state index is 4.13. The molecule has 1 aromatic rings. The summed E-state index contributed by atoms with van der Waals surface area (Å²) in [6.07, 6.45) is 7.82. The van der Waals surface area contributed by atoms with E-state index in [1.807, 2.05) is 17.9 Å². The van der Waals surface area contributed by atoms with Crippen LogP contribution < -0.4 is 5.32 Å². The van der Waals surface area contributed by atoms with Crippen molar-refractivity contribution in [2.75, 3.05) is 0 Å². The molecule has 0 aliphatic heterocycles. The second kappa shape index (κ2) is 5.81. The van der Waals surface area contributed by atoms with Gasteiger partial charge in [-0.15, -0.1) is 0 Å². The highest BCUT2D eigenvalue weighted by molar-refractivity contribution is 5.02.